The average Bonchev–Trinajstić information content (AvgIpc) is 2.58. The van der Waals surface area contributed by atoms with E-state index in [9.17, 15) is 0 Å². The van der Waals surface area contributed by atoms with Crippen LogP contribution in [0.2, 0.25) is 0 Å². The molecule has 0 spiro atoms. The smallest absolute Gasteiger partial charge is 0.203 e. The van der Waals surface area contributed by atoms with Gasteiger partial charge in [-0.25, -0.2) is 0 Å². The minimum Gasteiger partial charge on any atom is -0.497 e. The van der Waals surface area contributed by atoms with Gasteiger partial charge < -0.3 is 18.9 Å². The third kappa shape index (κ3) is 3.64. The number of hydrogen-bond acceptors (Lipinski definition) is 4. The number of hydrogen-bond donors (Lipinski definition) is 0. The van der Waals surface area contributed by atoms with Crippen molar-refractivity contribution in [3.05, 3.63) is 47.5 Å². The van der Waals surface area contributed by atoms with Crippen molar-refractivity contribution in [3.63, 3.8) is 0 Å². The number of ether oxygens (including phenoxy) is 4. The lowest BCUT2D eigenvalue weighted by molar-refractivity contribution is 0.324. The van der Waals surface area contributed by atoms with E-state index in [1.165, 1.54) is 5.56 Å². The Morgan fingerprint density at radius 2 is 1.32 bits per heavy atom. The molecule has 0 aromatic heterocycles. The molecule has 0 aliphatic carbocycles. The second-order valence-corrected chi connectivity index (χ2v) is 4.89. The summed E-state index contributed by atoms with van der Waals surface area (Å²) < 4.78 is 21.4. The van der Waals surface area contributed by atoms with E-state index in [0.29, 0.717) is 17.2 Å². The molecule has 4 heteroatoms. The zero-order chi connectivity index (χ0) is 15.9. The Kier molecular flexibility index (Phi) is 5.53. The van der Waals surface area contributed by atoms with E-state index in [4.69, 9.17) is 18.9 Å². The van der Waals surface area contributed by atoms with Crippen LogP contribution in [0, 0.1) is 0 Å². The fourth-order valence-electron chi connectivity index (χ4n) is 2.40. The number of aryl methyl sites for hydroxylation is 2. The molecule has 0 fully saturated rings. The second-order valence-electron chi connectivity index (χ2n) is 4.89. The van der Waals surface area contributed by atoms with Crippen LogP contribution in [0.25, 0.3) is 0 Å². The van der Waals surface area contributed by atoms with Gasteiger partial charge >= 0.3 is 0 Å². The summed E-state index contributed by atoms with van der Waals surface area (Å²) in [6.45, 7) is 0. The topological polar surface area (TPSA) is 36.9 Å². The van der Waals surface area contributed by atoms with Gasteiger partial charge in [0.2, 0.25) is 5.75 Å². The molecule has 4 nitrogen and oxygen atoms in total. The predicted octanol–water partition coefficient (Wildman–Crippen LogP) is 3.51. The molecular weight excluding hydrogens is 280 g/mol. The third-order valence-electron chi connectivity index (χ3n) is 3.56. The molecule has 0 radical (unpaired) electrons. The van der Waals surface area contributed by atoms with E-state index in [0.717, 1.165) is 24.2 Å². The molecule has 0 N–H and O–H groups in total. The number of benzene rings is 2. The molecule has 0 saturated heterocycles. The van der Waals surface area contributed by atoms with Gasteiger partial charge in [0, 0.05) is 0 Å². The van der Waals surface area contributed by atoms with E-state index < -0.39 is 0 Å². The predicted molar refractivity (Wildman–Crippen MR) is 86.5 cm³/mol. The molecule has 0 unspecified atom stereocenters. The van der Waals surface area contributed by atoms with Crippen molar-refractivity contribution in [3.8, 4) is 23.0 Å². The lowest BCUT2D eigenvalue weighted by Crippen LogP contribution is -1.98. The van der Waals surface area contributed by atoms with Crippen LogP contribution in [0.15, 0.2) is 36.4 Å². The Hall–Kier alpha value is -2.36. The summed E-state index contributed by atoms with van der Waals surface area (Å²) in [5, 5.41) is 0. The molecule has 0 atom stereocenters. The van der Waals surface area contributed by atoms with Crippen molar-refractivity contribution in [2.75, 3.05) is 28.4 Å². The highest BCUT2D eigenvalue weighted by molar-refractivity contribution is 5.54. The van der Waals surface area contributed by atoms with Crippen LogP contribution >= 0.6 is 0 Å². The van der Waals surface area contributed by atoms with Crippen molar-refractivity contribution in [1.29, 1.82) is 0 Å². The maximum absolute atomic E-state index is 5.38. The summed E-state index contributed by atoms with van der Waals surface area (Å²) in [5.74, 6) is 2.86. The highest BCUT2D eigenvalue weighted by atomic mass is 16.5. The van der Waals surface area contributed by atoms with E-state index in [2.05, 4.69) is 12.1 Å². The standard InChI is InChI=1S/C18H22O4/c1-19-15-7-5-6-13(10-15)8-9-14-11-16(20-2)18(22-4)17(12-14)21-3/h5-7,10-12H,8-9H2,1-4H3. The Morgan fingerprint density at radius 3 is 1.86 bits per heavy atom. The molecule has 118 valence electrons. The second kappa shape index (κ2) is 7.59. The highest BCUT2D eigenvalue weighted by Gasteiger charge is 2.13. The Bertz CT molecular complexity index is 597. The molecule has 22 heavy (non-hydrogen) atoms. The van der Waals surface area contributed by atoms with Crippen molar-refractivity contribution in [2.24, 2.45) is 0 Å². The zero-order valence-corrected chi connectivity index (χ0v) is 13.5. The van der Waals surface area contributed by atoms with E-state index in [1.54, 1.807) is 28.4 Å². The van der Waals surface area contributed by atoms with E-state index in [1.807, 2.05) is 24.3 Å². The number of methoxy groups -OCH3 is 4. The lowest BCUT2D eigenvalue weighted by Gasteiger charge is -2.14. The van der Waals surface area contributed by atoms with Gasteiger partial charge in [-0.15, -0.1) is 0 Å². The molecule has 2 aromatic rings. The molecular formula is C18H22O4. The van der Waals surface area contributed by atoms with Gasteiger partial charge in [0.1, 0.15) is 5.75 Å². The Labute approximate surface area is 131 Å². The first-order valence-corrected chi connectivity index (χ1v) is 7.13. The number of rotatable bonds is 7. The maximum Gasteiger partial charge on any atom is 0.203 e. The summed E-state index contributed by atoms with van der Waals surface area (Å²) in [7, 11) is 6.54. The first-order valence-electron chi connectivity index (χ1n) is 7.13. The van der Waals surface area contributed by atoms with Gasteiger partial charge in [-0.05, 0) is 48.2 Å². The van der Waals surface area contributed by atoms with Gasteiger partial charge in [-0.1, -0.05) is 12.1 Å². The van der Waals surface area contributed by atoms with Gasteiger partial charge in [0.25, 0.3) is 0 Å². The molecule has 0 saturated carbocycles. The fraction of sp³-hybridized carbons (Fsp3) is 0.333. The third-order valence-corrected chi connectivity index (χ3v) is 3.56. The SMILES string of the molecule is COc1cccc(CCc2cc(OC)c(OC)c(OC)c2)c1. The highest BCUT2D eigenvalue weighted by Crippen LogP contribution is 2.38. The van der Waals surface area contributed by atoms with E-state index in [-0.39, 0.29) is 0 Å². The van der Waals surface area contributed by atoms with Crippen LogP contribution in [0.3, 0.4) is 0 Å². The minimum absolute atomic E-state index is 0.620. The summed E-state index contributed by atoms with van der Waals surface area (Å²) in [6.07, 6.45) is 1.79. The zero-order valence-electron chi connectivity index (χ0n) is 13.5. The first kappa shape index (κ1) is 16.0. The fourth-order valence-corrected chi connectivity index (χ4v) is 2.40. The monoisotopic (exact) mass is 302 g/mol. The largest absolute Gasteiger partial charge is 0.497 e. The van der Waals surface area contributed by atoms with Crippen LogP contribution in [0.4, 0.5) is 0 Å². The molecule has 2 rings (SSSR count). The van der Waals surface area contributed by atoms with Crippen LogP contribution < -0.4 is 18.9 Å². The Balaban J connectivity index is 2.18. The van der Waals surface area contributed by atoms with Crippen LogP contribution in [-0.2, 0) is 12.8 Å². The lowest BCUT2D eigenvalue weighted by atomic mass is 10.0. The summed E-state index contributed by atoms with van der Waals surface area (Å²) in [4.78, 5) is 0. The van der Waals surface area contributed by atoms with Crippen molar-refractivity contribution >= 4 is 0 Å². The van der Waals surface area contributed by atoms with Crippen LogP contribution in [-0.4, -0.2) is 28.4 Å². The molecule has 0 aliphatic rings. The quantitative estimate of drug-likeness (QED) is 0.784. The summed E-state index contributed by atoms with van der Waals surface area (Å²) >= 11 is 0. The van der Waals surface area contributed by atoms with Crippen molar-refractivity contribution in [2.45, 2.75) is 12.8 Å². The minimum atomic E-state index is 0.620. The van der Waals surface area contributed by atoms with Gasteiger partial charge in [0.15, 0.2) is 11.5 Å². The summed E-state index contributed by atoms with van der Waals surface area (Å²) in [5.41, 5.74) is 2.37. The van der Waals surface area contributed by atoms with Crippen molar-refractivity contribution in [1.82, 2.24) is 0 Å². The van der Waals surface area contributed by atoms with Crippen molar-refractivity contribution < 1.29 is 18.9 Å². The first-order chi connectivity index (χ1) is 10.7. The van der Waals surface area contributed by atoms with Gasteiger partial charge in [0.05, 0.1) is 28.4 Å². The van der Waals surface area contributed by atoms with Gasteiger partial charge in [-0.3, -0.25) is 0 Å². The molecule has 2 aromatic carbocycles. The van der Waals surface area contributed by atoms with Gasteiger partial charge in [-0.2, -0.15) is 0 Å². The van der Waals surface area contributed by atoms with E-state index >= 15 is 0 Å². The summed E-state index contributed by atoms with van der Waals surface area (Å²) in [6, 6.07) is 12.1. The average molecular weight is 302 g/mol. The van der Waals surface area contributed by atoms with Crippen LogP contribution in [0.1, 0.15) is 11.1 Å². The molecule has 0 amide bonds. The van der Waals surface area contributed by atoms with Crippen LogP contribution in [0.5, 0.6) is 23.0 Å². The maximum atomic E-state index is 5.38. The molecule has 0 heterocycles. The molecule has 0 aliphatic heterocycles. The Morgan fingerprint density at radius 1 is 0.682 bits per heavy atom. The normalized spacial score (nSPS) is 10.2. The molecule has 0 bridgehead atoms.